The summed E-state index contributed by atoms with van der Waals surface area (Å²) in [5.41, 5.74) is 15.6. The van der Waals surface area contributed by atoms with E-state index in [2.05, 4.69) is 107 Å². The van der Waals surface area contributed by atoms with Gasteiger partial charge in [-0.05, 0) is 58.5 Å². The van der Waals surface area contributed by atoms with Gasteiger partial charge in [0.15, 0.2) is 0 Å². The maximum Gasteiger partial charge on any atom is 0.519 e. The van der Waals surface area contributed by atoms with Crippen LogP contribution in [0.25, 0.3) is 0 Å². The number of nitrogens with two attached hydrogens (primary N) is 2. The van der Waals surface area contributed by atoms with Crippen LogP contribution in [0.2, 0.25) is 0 Å². The minimum Gasteiger partial charge on any atom is -0.394 e. The van der Waals surface area contributed by atoms with E-state index in [0.29, 0.717) is 157 Å². The lowest BCUT2D eigenvalue weighted by Crippen LogP contribution is -2.26. The molecule has 0 bridgehead atoms. The molecule has 0 aliphatic carbocycles. The van der Waals surface area contributed by atoms with E-state index in [1.165, 1.54) is 11.1 Å². The van der Waals surface area contributed by atoms with Gasteiger partial charge >= 0.3 is 6.16 Å². The van der Waals surface area contributed by atoms with Gasteiger partial charge in [0.25, 0.3) is 0 Å². The first kappa shape index (κ1) is 63.3. The summed E-state index contributed by atoms with van der Waals surface area (Å²) in [6.07, 6.45) is 2.54. The fourth-order valence-electron chi connectivity index (χ4n) is 7.19. The van der Waals surface area contributed by atoms with Crippen LogP contribution in [0.1, 0.15) is 129 Å². The van der Waals surface area contributed by atoms with E-state index in [4.69, 9.17) is 68.3 Å². The second kappa shape index (κ2) is 34.6. The lowest BCUT2D eigenvalue weighted by atomic mass is 9.78. The van der Waals surface area contributed by atoms with Crippen molar-refractivity contribution in [2.75, 3.05) is 145 Å². The van der Waals surface area contributed by atoms with Crippen molar-refractivity contribution in [1.82, 2.24) is 0 Å². The smallest absolute Gasteiger partial charge is 0.394 e. The highest BCUT2D eigenvalue weighted by Crippen LogP contribution is 2.44. The predicted octanol–water partition coefficient (Wildman–Crippen LogP) is 8.40. The first-order valence-electron chi connectivity index (χ1n) is 25.6. The molecule has 15 nitrogen and oxygen atoms in total. The van der Waals surface area contributed by atoms with Gasteiger partial charge in [0, 0.05) is 48.6 Å². The summed E-state index contributed by atoms with van der Waals surface area (Å²) in [5.74, 6) is 1.11. The Labute approximate surface area is 422 Å². The molecule has 404 valence electrons. The van der Waals surface area contributed by atoms with Crippen LogP contribution in [0.4, 0.5) is 4.79 Å². The first-order chi connectivity index (χ1) is 33.2. The molecule has 0 aliphatic rings. The first-order valence-corrected chi connectivity index (χ1v) is 25.6. The molecule has 0 unspecified atom stereocenters. The number of carbonyl (C=O) groups is 1. The molecular weight excluding hydrogens is 897 g/mol. The molecule has 2 aromatic rings. The van der Waals surface area contributed by atoms with E-state index in [1.54, 1.807) is 0 Å². The highest BCUT2D eigenvalue weighted by Gasteiger charge is 2.33. The van der Waals surface area contributed by atoms with Gasteiger partial charge in [-0.15, -0.1) is 0 Å². The number of benzene rings is 2. The van der Waals surface area contributed by atoms with Crippen LogP contribution in [0.15, 0.2) is 24.3 Å². The second-order valence-corrected chi connectivity index (χ2v) is 21.4. The maximum absolute atomic E-state index is 14.2. The van der Waals surface area contributed by atoms with Gasteiger partial charge in [-0.2, -0.15) is 0 Å². The number of carbonyl (C=O) groups excluding carboxylic acids is 1. The molecule has 0 atom stereocenters. The van der Waals surface area contributed by atoms with Gasteiger partial charge in [-0.3, -0.25) is 0 Å². The quantitative estimate of drug-likeness (QED) is 0.0372. The van der Waals surface area contributed by atoms with Crippen molar-refractivity contribution in [3.63, 3.8) is 0 Å². The number of ether oxygens (including phenoxy) is 12. The van der Waals surface area contributed by atoms with Gasteiger partial charge in [-0.25, -0.2) is 4.79 Å². The van der Waals surface area contributed by atoms with E-state index >= 15 is 0 Å². The van der Waals surface area contributed by atoms with Crippen LogP contribution in [0, 0.1) is 0 Å². The number of hydrogen-bond acceptors (Lipinski definition) is 15. The van der Waals surface area contributed by atoms with Crippen LogP contribution in [-0.2, 0) is 81.9 Å². The molecular formula is C55H96N2O13. The molecule has 2 rings (SSSR count). The second-order valence-electron chi connectivity index (χ2n) is 21.4. The third kappa shape index (κ3) is 27.3. The number of aryl methyl sites for hydroxylation is 2. The third-order valence-corrected chi connectivity index (χ3v) is 10.9. The van der Waals surface area contributed by atoms with Gasteiger partial charge < -0.3 is 68.3 Å². The highest BCUT2D eigenvalue weighted by atomic mass is 16.7. The standard InChI is InChI=1S/C55H96N2O13/c1-52(2,3)45-39-43(15-13-19-59-23-27-63-31-35-67-37-33-65-29-25-61-21-17-56)40-46(53(4,5)6)49(45)69-51(58)70-50-47(54(7,8)9)41-44(42-48(50)55(10,11)12)16-14-20-60-24-28-64-32-36-68-38-34-66-30-26-62-22-18-57/h39-42H,13-38,56-57H2,1-12H3. The van der Waals surface area contributed by atoms with E-state index in [0.717, 1.165) is 47.9 Å². The highest BCUT2D eigenvalue weighted by molar-refractivity contribution is 5.71. The summed E-state index contributed by atoms with van der Waals surface area (Å²) in [4.78, 5) is 14.2. The molecule has 70 heavy (non-hydrogen) atoms. The Morgan fingerprint density at radius 3 is 0.743 bits per heavy atom. The van der Waals surface area contributed by atoms with E-state index in [1.807, 2.05) is 0 Å². The Balaban J connectivity index is 1.99. The minimum absolute atomic E-state index is 0.326. The number of hydrogen-bond donors (Lipinski definition) is 2. The summed E-state index contributed by atoms with van der Waals surface area (Å²) in [6.45, 7) is 37.3. The van der Waals surface area contributed by atoms with Gasteiger partial charge in [-0.1, -0.05) is 107 Å². The molecule has 0 aliphatic heterocycles. The van der Waals surface area contributed by atoms with Crippen LogP contribution in [-0.4, -0.2) is 151 Å². The van der Waals surface area contributed by atoms with Gasteiger partial charge in [0.1, 0.15) is 11.5 Å². The van der Waals surface area contributed by atoms with Crippen molar-refractivity contribution >= 4 is 6.16 Å². The molecule has 0 spiro atoms. The van der Waals surface area contributed by atoms with Crippen molar-refractivity contribution in [2.45, 2.75) is 130 Å². The Bertz CT molecular complexity index is 1500. The zero-order chi connectivity index (χ0) is 51.9. The SMILES string of the molecule is CC(C)(C)c1cc(CCCOCCOCCOCCOCCOCCN)cc(C(C)(C)C)c1OC(=O)Oc1c(C(C)(C)C)cc(CCCOCCOCCOCCOCCOCCN)cc1C(C)(C)C. The van der Waals surface area contributed by atoms with Crippen LogP contribution in [0.3, 0.4) is 0 Å². The third-order valence-electron chi connectivity index (χ3n) is 10.9. The molecule has 0 aromatic heterocycles. The van der Waals surface area contributed by atoms with Crippen LogP contribution >= 0.6 is 0 Å². The van der Waals surface area contributed by atoms with E-state index in [9.17, 15) is 4.79 Å². The summed E-state index contributed by atoms with van der Waals surface area (Å²) < 4.78 is 68.5. The molecule has 0 saturated heterocycles. The van der Waals surface area contributed by atoms with E-state index in [-0.39, 0.29) is 21.7 Å². The zero-order valence-electron chi connectivity index (χ0n) is 45.7. The van der Waals surface area contributed by atoms with Gasteiger partial charge in [0.05, 0.1) is 119 Å². The maximum atomic E-state index is 14.2. The molecule has 0 radical (unpaired) electrons. The van der Waals surface area contributed by atoms with E-state index < -0.39 is 6.16 Å². The fourth-order valence-corrected chi connectivity index (χ4v) is 7.19. The normalized spacial score (nSPS) is 12.5. The number of rotatable bonds is 38. The Kier molecular flexibility index (Phi) is 31.3. The summed E-state index contributed by atoms with van der Waals surface area (Å²) in [7, 11) is 0. The monoisotopic (exact) mass is 993 g/mol. The Morgan fingerprint density at radius 1 is 0.343 bits per heavy atom. The molecule has 0 amide bonds. The minimum atomic E-state index is -0.750. The average molecular weight is 993 g/mol. The Morgan fingerprint density at radius 2 is 0.543 bits per heavy atom. The van der Waals surface area contributed by atoms with Crippen LogP contribution < -0.4 is 20.9 Å². The topological polar surface area (TPSA) is 180 Å². The largest absolute Gasteiger partial charge is 0.519 e. The van der Waals surface area contributed by atoms with Crippen LogP contribution in [0.5, 0.6) is 11.5 Å². The lowest BCUT2D eigenvalue weighted by molar-refractivity contribution is -0.0106. The molecule has 0 fully saturated rings. The summed E-state index contributed by atoms with van der Waals surface area (Å²) in [6, 6.07) is 8.70. The zero-order valence-corrected chi connectivity index (χ0v) is 45.7. The summed E-state index contributed by atoms with van der Waals surface area (Å²) in [5, 5.41) is 0. The molecule has 2 aromatic carbocycles. The van der Waals surface area contributed by atoms with Crippen molar-refractivity contribution in [2.24, 2.45) is 11.5 Å². The fraction of sp³-hybridized carbons (Fsp3) is 0.764. The predicted molar refractivity (Wildman–Crippen MR) is 277 cm³/mol. The van der Waals surface area contributed by atoms with Crippen molar-refractivity contribution in [3.8, 4) is 11.5 Å². The van der Waals surface area contributed by atoms with Crippen molar-refractivity contribution in [1.29, 1.82) is 0 Å². The van der Waals surface area contributed by atoms with Crippen molar-refractivity contribution in [3.05, 3.63) is 57.6 Å². The van der Waals surface area contributed by atoms with Crippen molar-refractivity contribution < 1.29 is 61.6 Å². The average Bonchev–Trinajstić information content (AvgIpc) is 3.27. The molecule has 15 heteroatoms. The van der Waals surface area contributed by atoms with Gasteiger partial charge in [0.2, 0.25) is 0 Å². The summed E-state index contributed by atoms with van der Waals surface area (Å²) >= 11 is 0. The molecule has 0 saturated carbocycles. The molecule has 4 N–H and O–H groups in total. The molecule has 0 heterocycles. The lowest BCUT2D eigenvalue weighted by Gasteiger charge is -2.31. The Hall–Kier alpha value is -2.77.